The van der Waals surface area contributed by atoms with Crippen LogP contribution in [0.1, 0.15) is 32.6 Å². The number of halogens is 1. The lowest BCUT2D eigenvalue weighted by atomic mass is 9.89. The highest BCUT2D eigenvalue weighted by Gasteiger charge is 2.27. The molecule has 1 saturated carbocycles. The van der Waals surface area contributed by atoms with Crippen LogP contribution >= 0.6 is 15.9 Å². The van der Waals surface area contributed by atoms with Gasteiger partial charge in [-0.05, 0) is 18.3 Å². The molecule has 0 aliphatic heterocycles. The Balaban J connectivity index is 2.17. The molecule has 70 valence electrons. The summed E-state index contributed by atoms with van der Waals surface area (Å²) in [6.07, 6.45) is 5.59. The van der Waals surface area contributed by atoms with Gasteiger partial charge in [0.2, 0.25) is 0 Å². The van der Waals surface area contributed by atoms with E-state index >= 15 is 0 Å². The standard InChI is InChI=1S/C10H18BrN/c1-9(11)7-12-8-10(2)5-3-4-6-10/h12H,1,3-8H2,2H3. The first-order chi connectivity index (χ1) is 5.62. The molecule has 0 spiro atoms. The average molecular weight is 232 g/mol. The van der Waals surface area contributed by atoms with E-state index < -0.39 is 0 Å². The predicted octanol–water partition coefficient (Wildman–Crippen LogP) is 3.06. The van der Waals surface area contributed by atoms with Crippen LogP contribution in [0.15, 0.2) is 11.1 Å². The Morgan fingerprint density at radius 3 is 2.58 bits per heavy atom. The molecule has 1 aliphatic carbocycles. The molecule has 0 aromatic heterocycles. The van der Waals surface area contributed by atoms with Crippen LogP contribution in [-0.2, 0) is 0 Å². The number of hydrogen-bond donors (Lipinski definition) is 1. The number of hydrogen-bond acceptors (Lipinski definition) is 1. The van der Waals surface area contributed by atoms with Gasteiger partial charge in [-0.15, -0.1) is 0 Å². The maximum atomic E-state index is 3.80. The van der Waals surface area contributed by atoms with Crippen molar-refractivity contribution in [1.29, 1.82) is 0 Å². The lowest BCUT2D eigenvalue weighted by molar-refractivity contribution is 0.321. The topological polar surface area (TPSA) is 12.0 Å². The minimum Gasteiger partial charge on any atom is -0.312 e. The molecule has 1 nitrogen and oxygen atoms in total. The van der Waals surface area contributed by atoms with Crippen molar-refractivity contribution in [1.82, 2.24) is 5.32 Å². The van der Waals surface area contributed by atoms with Gasteiger partial charge in [-0.3, -0.25) is 0 Å². The van der Waals surface area contributed by atoms with Crippen molar-refractivity contribution in [3.8, 4) is 0 Å². The van der Waals surface area contributed by atoms with E-state index in [9.17, 15) is 0 Å². The first-order valence-electron chi connectivity index (χ1n) is 4.66. The van der Waals surface area contributed by atoms with Crippen molar-refractivity contribution < 1.29 is 0 Å². The summed E-state index contributed by atoms with van der Waals surface area (Å²) in [5.41, 5.74) is 0.558. The van der Waals surface area contributed by atoms with Crippen LogP contribution in [0.2, 0.25) is 0 Å². The van der Waals surface area contributed by atoms with Crippen LogP contribution in [0.25, 0.3) is 0 Å². The Labute approximate surface area is 83.7 Å². The van der Waals surface area contributed by atoms with Crippen LogP contribution in [-0.4, -0.2) is 13.1 Å². The fraction of sp³-hybridized carbons (Fsp3) is 0.800. The van der Waals surface area contributed by atoms with Crippen molar-refractivity contribution in [3.63, 3.8) is 0 Å². The zero-order valence-electron chi connectivity index (χ0n) is 7.83. The molecule has 1 N–H and O–H groups in total. The van der Waals surface area contributed by atoms with Crippen LogP contribution < -0.4 is 5.32 Å². The molecular weight excluding hydrogens is 214 g/mol. The van der Waals surface area contributed by atoms with Gasteiger partial charge in [-0.25, -0.2) is 0 Å². The highest BCUT2D eigenvalue weighted by Crippen LogP contribution is 2.36. The van der Waals surface area contributed by atoms with Crippen molar-refractivity contribution in [3.05, 3.63) is 11.1 Å². The molecule has 0 saturated heterocycles. The normalized spacial score (nSPS) is 21.2. The monoisotopic (exact) mass is 231 g/mol. The van der Waals surface area contributed by atoms with Crippen LogP contribution in [0, 0.1) is 5.41 Å². The maximum Gasteiger partial charge on any atom is 0.0265 e. The molecule has 0 heterocycles. The summed E-state index contributed by atoms with van der Waals surface area (Å²) in [6.45, 7) is 8.21. The molecule has 0 radical (unpaired) electrons. The molecule has 1 fully saturated rings. The molecule has 12 heavy (non-hydrogen) atoms. The average Bonchev–Trinajstić information content (AvgIpc) is 2.35. The van der Waals surface area contributed by atoms with E-state index in [1.165, 1.54) is 25.7 Å². The van der Waals surface area contributed by atoms with Crippen LogP contribution in [0.3, 0.4) is 0 Å². The van der Waals surface area contributed by atoms with E-state index in [0.29, 0.717) is 5.41 Å². The Morgan fingerprint density at radius 1 is 1.50 bits per heavy atom. The predicted molar refractivity (Wildman–Crippen MR) is 57.5 cm³/mol. The molecule has 1 aliphatic rings. The molecular formula is C10H18BrN. The maximum absolute atomic E-state index is 3.80. The van der Waals surface area contributed by atoms with Gasteiger partial charge in [0.05, 0.1) is 0 Å². The van der Waals surface area contributed by atoms with Crippen molar-refractivity contribution in [2.45, 2.75) is 32.6 Å². The van der Waals surface area contributed by atoms with E-state index in [0.717, 1.165) is 17.6 Å². The van der Waals surface area contributed by atoms with E-state index in [4.69, 9.17) is 0 Å². The van der Waals surface area contributed by atoms with Gasteiger partial charge in [0.15, 0.2) is 0 Å². The Morgan fingerprint density at radius 2 is 2.08 bits per heavy atom. The van der Waals surface area contributed by atoms with Crippen molar-refractivity contribution in [2.24, 2.45) is 5.41 Å². The quantitative estimate of drug-likeness (QED) is 0.785. The Bertz CT molecular complexity index is 159. The molecule has 0 unspecified atom stereocenters. The first kappa shape index (κ1) is 10.3. The van der Waals surface area contributed by atoms with Crippen molar-refractivity contribution in [2.75, 3.05) is 13.1 Å². The van der Waals surface area contributed by atoms with Crippen molar-refractivity contribution >= 4 is 15.9 Å². The fourth-order valence-electron chi connectivity index (χ4n) is 1.91. The summed E-state index contributed by atoms with van der Waals surface area (Å²) in [6, 6.07) is 0. The molecule has 0 amide bonds. The second-order valence-electron chi connectivity index (χ2n) is 4.14. The number of rotatable bonds is 4. The third kappa shape index (κ3) is 3.28. The fourth-order valence-corrected chi connectivity index (χ4v) is 2.10. The largest absolute Gasteiger partial charge is 0.312 e. The lowest BCUT2D eigenvalue weighted by Gasteiger charge is -2.23. The van der Waals surface area contributed by atoms with Gasteiger partial charge < -0.3 is 5.32 Å². The van der Waals surface area contributed by atoms with Gasteiger partial charge in [0, 0.05) is 17.6 Å². The second kappa shape index (κ2) is 4.43. The summed E-state index contributed by atoms with van der Waals surface area (Å²) in [7, 11) is 0. The van der Waals surface area contributed by atoms with Gasteiger partial charge in [0.25, 0.3) is 0 Å². The number of nitrogens with one attached hydrogen (secondary N) is 1. The van der Waals surface area contributed by atoms with Gasteiger partial charge in [0.1, 0.15) is 0 Å². The molecule has 2 heteroatoms. The Hall–Kier alpha value is 0.180. The summed E-state index contributed by atoms with van der Waals surface area (Å²) in [5, 5.41) is 3.42. The first-order valence-corrected chi connectivity index (χ1v) is 5.46. The third-order valence-electron chi connectivity index (χ3n) is 2.68. The smallest absolute Gasteiger partial charge is 0.0265 e. The van der Waals surface area contributed by atoms with Gasteiger partial charge in [-0.2, -0.15) is 0 Å². The minimum atomic E-state index is 0.558. The molecule has 0 bridgehead atoms. The molecule has 0 aromatic carbocycles. The highest BCUT2D eigenvalue weighted by atomic mass is 79.9. The summed E-state index contributed by atoms with van der Waals surface area (Å²) >= 11 is 3.34. The van der Waals surface area contributed by atoms with Crippen LogP contribution in [0.5, 0.6) is 0 Å². The van der Waals surface area contributed by atoms with E-state index in [1.807, 2.05) is 0 Å². The zero-order chi connectivity index (χ0) is 9.03. The summed E-state index contributed by atoms with van der Waals surface area (Å²) in [5.74, 6) is 0. The molecule has 1 rings (SSSR count). The lowest BCUT2D eigenvalue weighted by Crippen LogP contribution is -2.30. The van der Waals surface area contributed by atoms with Crippen LogP contribution in [0.4, 0.5) is 0 Å². The zero-order valence-corrected chi connectivity index (χ0v) is 9.41. The molecule has 0 aromatic rings. The minimum absolute atomic E-state index is 0.558. The summed E-state index contributed by atoms with van der Waals surface area (Å²) < 4.78 is 1.05. The summed E-state index contributed by atoms with van der Waals surface area (Å²) in [4.78, 5) is 0. The second-order valence-corrected chi connectivity index (χ2v) is 5.26. The highest BCUT2D eigenvalue weighted by molar-refractivity contribution is 9.11. The third-order valence-corrected chi connectivity index (χ3v) is 2.96. The van der Waals surface area contributed by atoms with Gasteiger partial charge >= 0.3 is 0 Å². The van der Waals surface area contributed by atoms with Gasteiger partial charge in [-0.1, -0.05) is 42.3 Å². The Kier molecular flexibility index (Phi) is 3.78. The van der Waals surface area contributed by atoms with E-state index in [1.54, 1.807) is 0 Å². The van der Waals surface area contributed by atoms with E-state index in [-0.39, 0.29) is 0 Å². The molecule has 0 atom stereocenters. The SMILES string of the molecule is C=C(Br)CNCC1(C)CCCC1. The van der Waals surface area contributed by atoms with E-state index in [2.05, 4.69) is 34.7 Å².